The van der Waals surface area contributed by atoms with E-state index in [2.05, 4.69) is 29.3 Å². The van der Waals surface area contributed by atoms with Crippen molar-refractivity contribution in [3.8, 4) is 0 Å². The van der Waals surface area contributed by atoms with Crippen LogP contribution < -0.4 is 11.1 Å². The molecule has 0 aliphatic carbocycles. The average molecular weight is 312 g/mol. The lowest BCUT2D eigenvalue weighted by Crippen LogP contribution is -2.32. The number of rotatable bonds is 8. The van der Waals surface area contributed by atoms with Gasteiger partial charge in [-0.25, -0.2) is 4.98 Å². The van der Waals surface area contributed by atoms with E-state index < -0.39 is 0 Å². The maximum absolute atomic E-state index is 8.75. The van der Waals surface area contributed by atoms with Gasteiger partial charge in [0.15, 0.2) is 0 Å². The number of nitrogens with two attached hydrogens (primary N) is 1. The average Bonchev–Trinajstić information content (AvgIpc) is 2.76. The van der Waals surface area contributed by atoms with E-state index in [9.17, 15) is 0 Å². The van der Waals surface area contributed by atoms with Crippen LogP contribution in [0.4, 0.5) is 0 Å². The number of thiazole rings is 1. The van der Waals surface area contributed by atoms with E-state index in [0.29, 0.717) is 11.9 Å². The van der Waals surface area contributed by atoms with Crippen molar-refractivity contribution < 1.29 is 5.21 Å². The SMILES string of the molecule is Cc1nc(C)c(C(C)NCCCCC(C)(C)C(N)=NO)s1. The highest BCUT2D eigenvalue weighted by atomic mass is 32.1. The van der Waals surface area contributed by atoms with Gasteiger partial charge in [0, 0.05) is 16.3 Å². The normalized spacial score (nSPS) is 14.4. The van der Waals surface area contributed by atoms with Crippen molar-refractivity contribution in [2.75, 3.05) is 6.54 Å². The van der Waals surface area contributed by atoms with Gasteiger partial charge in [0.2, 0.25) is 0 Å². The molecule has 0 aliphatic heterocycles. The zero-order chi connectivity index (χ0) is 16.0. The summed E-state index contributed by atoms with van der Waals surface area (Å²) >= 11 is 1.76. The van der Waals surface area contributed by atoms with E-state index >= 15 is 0 Å². The second-order valence-corrected chi connectivity index (χ2v) is 7.42. The number of aryl methyl sites for hydroxylation is 2. The lowest BCUT2D eigenvalue weighted by atomic mass is 9.86. The third kappa shape index (κ3) is 5.28. The highest BCUT2D eigenvalue weighted by Crippen LogP contribution is 2.25. The molecule has 0 saturated heterocycles. The van der Waals surface area contributed by atoms with Gasteiger partial charge in [-0.15, -0.1) is 11.3 Å². The Morgan fingerprint density at radius 2 is 2.10 bits per heavy atom. The summed E-state index contributed by atoms with van der Waals surface area (Å²) in [4.78, 5) is 5.79. The summed E-state index contributed by atoms with van der Waals surface area (Å²) in [6, 6.07) is 0.341. The molecule has 1 atom stereocenters. The Hall–Kier alpha value is -1.14. The molecule has 0 spiro atoms. The predicted molar refractivity (Wildman–Crippen MR) is 89.0 cm³/mol. The summed E-state index contributed by atoms with van der Waals surface area (Å²) in [5, 5.41) is 16.5. The van der Waals surface area contributed by atoms with Gasteiger partial charge in [-0.1, -0.05) is 25.4 Å². The third-order valence-electron chi connectivity index (χ3n) is 3.81. The Bertz CT molecular complexity index is 482. The molecule has 5 nitrogen and oxygen atoms in total. The summed E-state index contributed by atoms with van der Waals surface area (Å²) in [7, 11) is 0. The molecule has 0 saturated carbocycles. The Kier molecular flexibility index (Phi) is 6.61. The molecule has 0 aliphatic rings. The number of nitrogens with zero attached hydrogens (tertiary/aromatic N) is 2. The van der Waals surface area contributed by atoms with E-state index in [1.165, 1.54) is 4.88 Å². The number of amidine groups is 1. The predicted octanol–water partition coefficient (Wildman–Crippen LogP) is 3.35. The first-order valence-corrected chi connectivity index (χ1v) is 8.25. The van der Waals surface area contributed by atoms with Gasteiger partial charge in [-0.3, -0.25) is 0 Å². The smallest absolute Gasteiger partial charge is 0.144 e. The quantitative estimate of drug-likeness (QED) is 0.226. The lowest BCUT2D eigenvalue weighted by Gasteiger charge is -2.22. The van der Waals surface area contributed by atoms with E-state index in [1.54, 1.807) is 11.3 Å². The van der Waals surface area contributed by atoms with Crippen molar-refractivity contribution in [3.63, 3.8) is 0 Å². The first-order chi connectivity index (χ1) is 9.77. The maximum Gasteiger partial charge on any atom is 0.144 e. The van der Waals surface area contributed by atoms with Crippen LogP contribution in [0.3, 0.4) is 0 Å². The summed E-state index contributed by atoms with van der Waals surface area (Å²) in [5.74, 6) is 0.305. The molecule has 0 radical (unpaired) electrons. The molecule has 1 aromatic rings. The van der Waals surface area contributed by atoms with Gasteiger partial charge in [0.1, 0.15) is 5.84 Å². The van der Waals surface area contributed by atoms with Crippen LogP contribution in [0.25, 0.3) is 0 Å². The fourth-order valence-corrected chi connectivity index (χ4v) is 3.27. The number of aromatic nitrogens is 1. The molecule has 120 valence electrons. The summed E-state index contributed by atoms with van der Waals surface area (Å²) in [5.41, 5.74) is 6.57. The van der Waals surface area contributed by atoms with Crippen LogP contribution in [-0.4, -0.2) is 22.6 Å². The maximum atomic E-state index is 8.75. The van der Waals surface area contributed by atoms with Crippen LogP contribution in [0, 0.1) is 19.3 Å². The summed E-state index contributed by atoms with van der Waals surface area (Å²) in [6.45, 7) is 11.3. The first-order valence-electron chi connectivity index (χ1n) is 7.43. The van der Waals surface area contributed by atoms with Gasteiger partial charge < -0.3 is 16.3 Å². The van der Waals surface area contributed by atoms with Crippen molar-refractivity contribution in [1.29, 1.82) is 0 Å². The minimum absolute atomic E-state index is 0.244. The van der Waals surface area contributed by atoms with Crippen molar-refractivity contribution in [1.82, 2.24) is 10.3 Å². The third-order valence-corrected chi connectivity index (χ3v) is 5.07. The Balaban J connectivity index is 2.30. The van der Waals surface area contributed by atoms with Gasteiger partial charge in [0.05, 0.1) is 10.7 Å². The van der Waals surface area contributed by atoms with Gasteiger partial charge >= 0.3 is 0 Å². The monoisotopic (exact) mass is 312 g/mol. The van der Waals surface area contributed by atoms with Gasteiger partial charge in [-0.05, 0) is 40.2 Å². The summed E-state index contributed by atoms with van der Waals surface area (Å²) in [6.07, 6.45) is 3.03. The molecule has 21 heavy (non-hydrogen) atoms. The summed E-state index contributed by atoms with van der Waals surface area (Å²) < 4.78 is 0. The standard InChI is InChI=1S/C15H28N4OS/c1-10(13-11(2)18-12(3)21-13)17-9-7-6-8-15(4,5)14(16)19-20/h10,17,20H,6-9H2,1-5H3,(H2,16,19). The molecule has 1 aromatic heterocycles. The molecular formula is C15H28N4OS. The Morgan fingerprint density at radius 1 is 1.43 bits per heavy atom. The molecule has 4 N–H and O–H groups in total. The first kappa shape index (κ1) is 17.9. The van der Waals surface area contributed by atoms with Gasteiger partial charge in [0.25, 0.3) is 0 Å². The van der Waals surface area contributed by atoms with Gasteiger partial charge in [-0.2, -0.15) is 0 Å². The van der Waals surface area contributed by atoms with Crippen molar-refractivity contribution in [2.45, 2.75) is 59.9 Å². The highest BCUT2D eigenvalue weighted by Gasteiger charge is 2.22. The Labute approximate surface area is 131 Å². The number of oxime groups is 1. The molecule has 1 heterocycles. The van der Waals surface area contributed by atoms with Crippen LogP contribution in [0.1, 0.15) is 61.7 Å². The van der Waals surface area contributed by atoms with Crippen LogP contribution in [0.2, 0.25) is 0 Å². The minimum Gasteiger partial charge on any atom is -0.409 e. The molecule has 0 amide bonds. The molecular weight excluding hydrogens is 284 g/mol. The van der Waals surface area contributed by atoms with Crippen molar-refractivity contribution in [2.24, 2.45) is 16.3 Å². The number of unbranched alkanes of at least 4 members (excludes halogenated alkanes) is 1. The van der Waals surface area contributed by atoms with E-state index in [-0.39, 0.29) is 5.41 Å². The molecule has 0 aromatic carbocycles. The van der Waals surface area contributed by atoms with Crippen LogP contribution in [0.15, 0.2) is 5.16 Å². The molecule has 0 fully saturated rings. The van der Waals surface area contributed by atoms with Crippen LogP contribution >= 0.6 is 11.3 Å². The van der Waals surface area contributed by atoms with Crippen LogP contribution in [-0.2, 0) is 0 Å². The van der Waals surface area contributed by atoms with E-state index in [0.717, 1.165) is 36.5 Å². The second kappa shape index (κ2) is 7.75. The molecule has 1 unspecified atom stereocenters. The van der Waals surface area contributed by atoms with E-state index in [4.69, 9.17) is 10.9 Å². The minimum atomic E-state index is -0.244. The second-order valence-electron chi connectivity index (χ2n) is 6.18. The molecule has 1 rings (SSSR count). The van der Waals surface area contributed by atoms with Crippen LogP contribution in [0.5, 0.6) is 0 Å². The highest BCUT2D eigenvalue weighted by molar-refractivity contribution is 7.11. The lowest BCUT2D eigenvalue weighted by molar-refractivity contribution is 0.304. The fourth-order valence-electron chi connectivity index (χ4n) is 2.32. The zero-order valence-corrected chi connectivity index (χ0v) is 14.5. The van der Waals surface area contributed by atoms with Crippen molar-refractivity contribution in [3.05, 3.63) is 15.6 Å². The fraction of sp³-hybridized carbons (Fsp3) is 0.733. The topological polar surface area (TPSA) is 83.5 Å². The number of nitrogens with one attached hydrogen (secondary N) is 1. The molecule has 0 bridgehead atoms. The molecule has 6 heteroatoms. The van der Waals surface area contributed by atoms with E-state index in [1.807, 2.05) is 20.8 Å². The van der Waals surface area contributed by atoms with Crippen molar-refractivity contribution >= 4 is 17.2 Å². The largest absolute Gasteiger partial charge is 0.409 e. The number of hydrogen-bond acceptors (Lipinski definition) is 5. The Morgan fingerprint density at radius 3 is 2.62 bits per heavy atom. The number of hydrogen-bond donors (Lipinski definition) is 3. The zero-order valence-electron chi connectivity index (χ0n) is 13.7.